The summed E-state index contributed by atoms with van der Waals surface area (Å²) in [4.78, 5) is 16.7. The van der Waals surface area contributed by atoms with Crippen LogP contribution in [0.25, 0.3) is 5.65 Å². The van der Waals surface area contributed by atoms with Crippen LogP contribution < -0.4 is 11.0 Å². The van der Waals surface area contributed by atoms with Crippen LogP contribution in [0.15, 0.2) is 34.7 Å². The molecule has 7 heteroatoms. The van der Waals surface area contributed by atoms with E-state index in [9.17, 15) is 4.79 Å². The predicted octanol–water partition coefficient (Wildman–Crippen LogP) is 1.13. The van der Waals surface area contributed by atoms with E-state index < -0.39 is 0 Å². The Kier molecular flexibility index (Phi) is 2.81. The summed E-state index contributed by atoms with van der Waals surface area (Å²) in [6, 6.07) is 5.89. The fraction of sp³-hybridized carbons (Fsp3) is 0.182. The van der Waals surface area contributed by atoms with Crippen molar-refractivity contribution in [1.29, 1.82) is 0 Å². The SMILES string of the molecule is O=c1[nH]nc2cc(NCCc3cccs3)ncn12. The van der Waals surface area contributed by atoms with Crippen molar-refractivity contribution < 1.29 is 0 Å². The molecule has 0 radical (unpaired) electrons. The molecule has 0 saturated heterocycles. The van der Waals surface area contributed by atoms with Gasteiger partial charge in [-0.1, -0.05) is 6.07 Å². The highest BCUT2D eigenvalue weighted by Crippen LogP contribution is 2.10. The molecule has 3 heterocycles. The summed E-state index contributed by atoms with van der Waals surface area (Å²) in [7, 11) is 0. The number of nitrogens with zero attached hydrogens (tertiary/aromatic N) is 3. The van der Waals surface area contributed by atoms with E-state index in [4.69, 9.17) is 0 Å². The average molecular weight is 261 g/mol. The lowest BCUT2D eigenvalue weighted by atomic mass is 10.3. The van der Waals surface area contributed by atoms with Gasteiger partial charge >= 0.3 is 5.69 Å². The molecule has 0 saturated carbocycles. The molecule has 0 bridgehead atoms. The molecule has 3 aromatic rings. The number of hydrogen-bond donors (Lipinski definition) is 2. The molecule has 0 atom stereocenters. The van der Waals surface area contributed by atoms with Gasteiger partial charge in [0, 0.05) is 17.5 Å². The molecule has 0 spiro atoms. The number of thiophene rings is 1. The van der Waals surface area contributed by atoms with E-state index in [-0.39, 0.29) is 5.69 Å². The Morgan fingerprint density at radius 1 is 1.50 bits per heavy atom. The molecule has 18 heavy (non-hydrogen) atoms. The second kappa shape index (κ2) is 4.61. The van der Waals surface area contributed by atoms with Gasteiger partial charge in [-0.25, -0.2) is 19.3 Å². The second-order valence-corrected chi connectivity index (χ2v) is 4.82. The molecule has 0 fully saturated rings. The van der Waals surface area contributed by atoms with Crippen molar-refractivity contribution in [2.45, 2.75) is 6.42 Å². The van der Waals surface area contributed by atoms with Gasteiger partial charge in [-0.2, -0.15) is 5.10 Å². The lowest BCUT2D eigenvalue weighted by Crippen LogP contribution is -2.11. The third-order valence-corrected chi connectivity index (χ3v) is 3.50. The lowest BCUT2D eigenvalue weighted by Gasteiger charge is -2.03. The van der Waals surface area contributed by atoms with Gasteiger partial charge in [-0.3, -0.25) is 0 Å². The van der Waals surface area contributed by atoms with Crippen molar-refractivity contribution in [3.63, 3.8) is 0 Å². The van der Waals surface area contributed by atoms with Crippen LogP contribution in [0.5, 0.6) is 0 Å². The fourth-order valence-corrected chi connectivity index (χ4v) is 2.38. The van der Waals surface area contributed by atoms with E-state index in [2.05, 4.69) is 31.9 Å². The van der Waals surface area contributed by atoms with Crippen LogP contribution in [0.4, 0.5) is 5.82 Å². The summed E-state index contributed by atoms with van der Waals surface area (Å²) >= 11 is 1.74. The third-order valence-electron chi connectivity index (χ3n) is 2.57. The molecule has 3 rings (SSSR count). The van der Waals surface area contributed by atoms with Crippen LogP contribution in [0.3, 0.4) is 0 Å². The molecule has 0 amide bonds. The average Bonchev–Trinajstić information content (AvgIpc) is 3.00. The van der Waals surface area contributed by atoms with E-state index in [0.29, 0.717) is 5.65 Å². The largest absolute Gasteiger partial charge is 0.370 e. The summed E-state index contributed by atoms with van der Waals surface area (Å²) in [5, 5.41) is 11.5. The van der Waals surface area contributed by atoms with Crippen molar-refractivity contribution in [3.05, 3.63) is 45.3 Å². The van der Waals surface area contributed by atoms with E-state index in [1.54, 1.807) is 17.4 Å². The first-order chi connectivity index (χ1) is 8.83. The van der Waals surface area contributed by atoms with E-state index in [0.717, 1.165) is 18.8 Å². The van der Waals surface area contributed by atoms with Crippen LogP contribution in [0.2, 0.25) is 0 Å². The van der Waals surface area contributed by atoms with E-state index >= 15 is 0 Å². The van der Waals surface area contributed by atoms with Gasteiger partial charge in [0.2, 0.25) is 0 Å². The van der Waals surface area contributed by atoms with Gasteiger partial charge in [-0.05, 0) is 17.9 Å². The molecule has 92 valence electrons. The maximum Gasteiger partial charge on any atom is 0.348 e. The monoisotopic (exact) mass is 261 g/mol. The van der Waals surface area contributed by atoms with Crippen LogP contribution in [0, 0.1) is 0 Å². The quantitative estimate of drug-likeness (QED) is 0.738. The second-order valence-electron chi connectivity index (χ2n) is 3.79. The number of anilines is 1. The maximum atomic E-state index is 11.2. The van der Waals surface area contributed by atoms with Gasteiger partial charge in [0.15, 0.2) is 5.65 Å². The topological polar surface area (TPSA) is 75.1 Å². The van der Waals surface area contributed by atoms with Gasteiger partial charge in [0.05, 0.1) is 0 Å². The number of H-pyrrole nitrogens is 1. The van der Waals surface area contributed by atoms with Crippen LogP contribution in [0.1, 0.15) is 4.88 Å². The van der Waals surface area contributed by atoms with E-state index in [1.807, 2.05) is 6.07 Å². The Hall–Kier alpha value is -2.15. The molecule has 0 aliphatic rings. The highest BCUT2D eigenvalue weighted by molar-refractivity contribution is 7.09. The number of aromatic nitrogens is 4. The normalized spacial score (nSPS) is 10.9. The summed E-state index contributed by atoms with van der Waals surface area (Å²) in [6.07, 6.45) is 2.42. The highest BCUT2D eigenvalue weighted by atomic mass is 32.1. The molecule has 6 nitrogen and oxygen atoms in total. The zero-order valence-corrected chi connectivity index (χ0v) is 10.3. The van der Waals surface area contributed by atoms with Crippen molar-refractivity contribution in [3.8, 4) is 0 Å². The Balaban J connectivity index is 1.69. The van der Waals surface area contributed by atoms with Crippen molar-refractivity contribution in [1.82, 2.24) is 19.6 Å². The first-order valence-corrected chi connectivity index (χ1v) is 6.40. The summed E-state index contributed by atoms with van der Waals surface area (Å²) in [5.74, 6) is 0.720. The molecular weight excluding hydrogens is 250 g/mol. The van der Waals surface area contributed by atoms with Crippen LogP contribution in [-0.4, -0.2) is 26.1 Å². The predicted molar refractivity (Wildman–Crippen MR) is 70.1 cm³/mol. The Bertz CT molecular complexity index is 700. The van der Waals surface area contributed by atoms with Gasteiger partial charge < -0.3 is 5.32 Å². The van der Waals surface area contributed by atoms with Gasteiger partial charge in [0.25, 0.3) is 0 Å². The fourth-order valence-electron chi connectivity index (χ4n) is 1.68. The standard InChI is InChI=1S/C11H11N5OS/c17-11-15-14-10-6-9(13-7-16(10)11)12-4-3-8-2-1-5-18-8/h1-2,5-7,12H,3-4H2,(H,15,17). The number of nitrogens with one attached hydrogen (secondary N) is 2. The zero-order valence-electron chi connectivity index (χ0n) is 9.46. The number of rotatable bonds is 4. The maximum absolute atomic E-state index is 11.2. The summed E-state index contributed by atoms with van der Waals surface area (Å²) in [6.45, 7) is 0.804. The molecule has 0 unspecified atom stereocenters. The minimum atomic E-state index is -0.275. The zero-order chi connectivity index (χ0) is 12.4. The molecule has 0 aliphatic carbocycles. The highest BCUT2D eigenvalue weighted by Gasteiger charge is 2.02. The molecule has 2 N–H and O–H groups in total. The smallest absolute Gasteiger partial charge is 0.348 e. The van der Waals surface area contributed by atoms with Crippen molar-refractivity contribution in [2.24, 2.45) is 0 Å². The number of aromatic amines is 1. The molecule has 0 aliphatic heterocycles. The number of hydrogen-bond acceptors (Lipinski definition) is 5. The lowest BCUT2D eigenvalue weighted by molar-refractivity contribution is 0.981. The molecular formula is C11H11N5OS. The Morgan fingerprint density at radius 2 is 2.44 bits per heavy atom. The first-order valence-electron chi connectivity index (χ1n) is 5.52. The first kappa shape index (κ1) is 11.0. The van der Waals surface area contributed by atoms with Gasteiger partial charge in [0.1, 0.15) is 12.1 Å². The van der Waals surface area contributed by atoms with Gasteiger partial charge in [-0.15, -0.1) is 11.3 Å². The Labute approximate surface area is 106 Å². The van der Waals surface area contributed by atoms with E-state index in [1.165, 1.54) is 15.6 Å². The van der Waals surface area contributed by atoms with Crippen molar-refractivity contribution >= 4 is 22.8 Å². The molecule has 3 aromatic heterocycles. The minimum Gasteiger partial charge on any atom is -0.370 e. The Morgan fingerprint density at radius 3 is 3.28 bits per heavy atom. The third kappa shape index (κ3) is 2.12. The van der Waals surface area contributed by atoms with Crippen LogP contribution in [-0.2, 0) is 6.42 Å². The number of fused-ring (bicyclic) bond motifs is 1. The van der Waals surface area contributed by atoms with Crippen molar-refractivity contribution in [2.75, 3.05) is 11.9 Å². The summed E-state index contributed by atoms with van der Waals surface area (Å²) < 4.78 is 1.37. The summed E-state index contributed by atoms with van der Waals surface area (Å²) in [5.41, 5.74) is 0.288. The minimum absolute atomic E-state index is 0.275. The molecule has 0 aromatic carbocycles. The van der Waals surface area contributed by atoms with Crippen LogP contribution >= 0.6 is 11.3 Å².